The van der Waals surface area contributed by atoms with E-state index in [1.165, 1.54) is 0 Å². The zero-order chi connectivity index (χ0) is 14.4. The van der Waals surface area contributed by atoms with Gasteiger partial charge in [-0.2, -0.15) is 0 Å². The maximum atomic E-state index is 12.4. The second-order valence-corrected chi connectivity index (χ2v) is 5.59. The predicted octanol–water partition coefficient (Wildman–Crippen LogP) is 2.69. The summed E-state index contributed by atoms with van der Waals surface area (Å²) < 4.78 is 0. The molecule has 0 N–H and O–H groups in total. The summed E-state index contributed by atoms with van der Waals surface area (Å²) in [5, 5.41) is 0. The number of hydrogen-bond acceptors (Lipinski definition) is 2. The Morgan fingerprint density at radius 2 is 2.00 bits per heavy atom. The molecular weight excluding hydrogens is 250 g/mol. The van der Waals surface area contributed by atoms with Crippen LogP contribution >= 0.6 is 0 Å². The fraction of sp³-hybridized carbons (Fsp3) is 0.529. The van der Waals surface area contributed by atoms with Crippen molar-refractivity contribution in [2.75, 3.05) is 13.1 Å². The monoisotopic (exact) mass is 273 g/mol. The van der Waals surface area contributed by atoms with E-state index >= 15 is 0 Å². The molecule has 0 aromatic heterocycles. The predicted molar refractivity (Wildman–Crippen MR) is 79.3 cm³/mol. The number of unbranched alkanes of at least 4 members (excludes halogenated alkanes) is 2. The van der Waals surface area contributed by atoms with Crippen LogP contribution in [0.5, 0.6) is 0 Å². The summed E-state index contributed by atoms with van der Waals surface area (Å²) in [6.45, 7) is 3.55. The summed E-state index contributed by atoms with van der Waals surface area (Å²) in [5.41, 5.74) is 1.13. The first-order valence-corrected chi connectivity index (χ1v) is 7.54. The number of carbonyl (C=O) groups excluding carboxylic acids is 2. The van der Waals surface area contributed by atoms with Crippen molar-refractivity contribution in [3.8, 4) is 0 Å². The van der Waals surface area contributed by atoms with E-state index in [0.717, 1.165) is 37.7 Å². The molecule has 3 nitrogen and oxygen atoms in total. The van der Waals surface area contributed by atoms with Gasteiger partial charge in [0.25, 0.3) is 0 Å². The Morgan fingerprint density at radius 1 is 1.25 bits per heavy atom. The van der Waals surface area contributed by atoms with Crippen molar-refractivity contribution in [1.29, 1.82) is 0 Å². The average molecular weight is 273 g/mol. The average Bonchev–Trinajstić information content (AvgIpc) is 2.77. The van der Waals surface area contributed by atoms with E-state index in [4.69, 9.17) is 0 Å². The summed E-state index contributed by atoms with van der Waals surface area (Å²) in [4.78, 5) is 25.6. The Balaban J connectivity index is 2.00. The zero-order valence-electron chi connectivity index (χ0n) is 12.1. The van der Waals surface area contributed by atoms with Crippen molar-refractivity contribution in [2.24, 2.45) is 11.8 Å². The van der Waals surface area contributed by atoms with Crippen LogP contribution in [0.1, 0.15) is 31.7 Å². The number of hydrogen-bond donors (Lipinski definition) is 0. The number of aldehydes is 1. The molecular formula is C17H23NO2. The van der Waals surface area contributed by atoms with Gasteiger partial charge in [0.1, 0.15) is 6.29 Å². The SMILES string of the molecule is CCCCCN1CC(C=O)C(Cc2ccccc2)C1=O. The minimum absolute atomic E-state index is 0.149. The lowest BCUT2D eigenvalue weighted by molar-refractivity contribution is -0.131. The van der Waals surface area contributed by atoms with E-state index in [0.29, 0.717) is 13.0 Å². The van der Waals surface area contributed by atoms with Crippen LogP contribution in [0.15, 0.2) is 30.3 Å². The smallest absolute Gasteiger partial charge is 0.226 e. The molecule has 3 heteroatoms. The molecule has 1 aromatic carbocycles. The lowest BCUT2D eigenvalue weighted by Crippen LogP contribution is -2.29. The van der Waals surface area contributed by atoms with Gasteiger partial charge in [0, 0.05) is 19.0 Å². The first-order valence-electron chi connectivity index (χ1n) is 7.54. The molecule has 1 aliphatic heterocycles. The summed E-state index contributed by atoms with van der Waals surface area (Å²) in [6, 6.07) is 9.96. The minimum atomic E-state index is -0.170. The molecule has 0 spiro atoms. The van der Waals surface area contributed by atoms with Gasteiger partial charge >= 0.3 is 0 Å². The van der Waals surface area contributed by atoms with Crippen LogP contribution in [0.25, 0.3) is 0 Å². The molecule has 2 atom stereocenters. The van der Waals surface area contributed by atoms with E-state index in [1.807, 2.05) is 35.2 Å². The van der Waals surface area contributed by atoms with Crippen molar-refractivity contribution in [3.05, 3.63) is 35.9 Å². The Labute approximate surface area is 121 Å². The maximum Gasteiger partial charge on any atom is 0.226 e. The highest BCUT2D eigenvalue weighted by atomic mass is 16.2. The van der Waals surface area contributed by atoms with Gasteiger partial charge in [0.2, 0.25) is 5.91 Å². The lowest BCUT2D eigenvalue weighted by Gasteiger charge is -2.16. The first kappa shape index (κ1) is 14.8. The molecule has 108 valence electrons. The van der Waals surface area contributed by atoms with Gasteiger partial charge in [0.15, 0.2) is 0 Å². The second kappa shape index (κ2) is 7.22. The lowest BCUT2D eigenvalue weighted by atomic mass is 9.90. The van der Waals surface area contributed by atoms with Gasteiger partial charge in [-0.1, -0.05) is 50.1 Å². The van der Waals surface area contributed by atoms with E-state index < -0.39 is 0 Å². The fourth-order valence-corrected chi connectivity index (χ4v) is 2.89. The van der Waals surface area contributed by atoms with E-state index in [9.17, 15) is 9.59 Å². The number of rotatable bonds is 7. The van der Waals surface area contributed by atoms with Crippen LogP contribution < -0.4 is 0 Å². The molecule has 0 aliphatic carbocycles. The minimum Gasteiger partial charge on any atom is -0.342 e. The summed E-state index contributed by atoms with van der Waals surface area (Å²) in [6.07, 6.45) is 4.95. The molecule has 1 amide bonds. The molecule has 0 radical (unpaired) electrons. The van der Waals surface area contributed by atoms with Gasteiger partial charge in [-0.3, -0.25) is 4.79 Å². The Morgan fingerprint density at radius 3 is 2.65 bits per heavy atom. The second-order valence-electron chi connectivity index (χ2n) is 5.59. The quantitative estimate of drug-likeness (QED) is 0.566. The zero-order valence-corrected chi connectivity index (χ0v) is 12.1. The number of nitrogens with zero attached hydrogens (tertiary/aromatic N) is 1. The van der Waals surface area contributed by atoms with Crippen molar-refractivity contribution in [3.63, 3.8) is 0 Å². The van der Waals surface area contributed by atoms with Gasteiger partial charge in [-0.15, -0.1) is 0 Å². The molecule has 1 aromatic rings. The summed E-state index contributed by atoms with van der Waals surface area (Å²) >= 11 is 0. The Bertz CT molecular complexity index is 444. The van der Waals surface area contributed by atoms with Crippen molar-refractivity contribution >= 4 is 12.2 Å². The van der Waals surface area contributed by atoms with E-state index in [-0.39, 0.29) is 17.7 Å². The number of carbonyl (C=O) groups is 2. The van der Waals surface area contributed by atoms with Crippen LogP contribution in [0.4, 0.5) is 0 Å². The molecule has 2 rings (SSSR count). The van der Waals surface area contributed by atoms with E-state index in [2.05, 4.69) is 6.92 Å². The van der Waals surface area contributed by atoms with Crippen LogP contribution in [0.2, 0.25) is 0 Å². The summed E-state index contributed by atoms with van der Waals surface area (Å²) in [7, 11) is 0. The topological polar surface area (TPSA) is 37.4 Å². The van der Waals surface area contributed by atoms with Gasteiger partial charge < -0.3 is 9.69 Å². The maximum absolute atomic E-state index is 12.4. The third-order valence-electron chi connectivity index (χ3n) is 4.08. The highest BCUT2D eigenvalue weighted by Gasteiger charge is 2.39. The van der Waals surface area contributed by atoms with Crippen LogP contribution in [0, 0.1) is 11.8 Å². The fourth-order valence-electron chi connectivity index (χ4n) is 2.89. The third-order valence-corrected chi connectivity index (χ3v) is 4.08. The molecule has 1 aliphatic rings. The van der Waals surface area contributed by atoms with Crippen molar-refractivity contribution in [1.82, 2.24) is 4.90 Å². The Kier molecular flexibility index (Phi) is 5.33. The van der Waals surface area contributed by atoms with Crippen molar-refractivity contribution in [2.45, 2.75) is 32.6 Å². The molecule has 2 unspecified atom stereocenters. The van der Waals surface area contributed by atoms with Crippen LogP contribution in [0.3, 0.4) is 0 Å². The number of benzene rings is 1. The first-order chi connectivity index (χ1) is 9.76. The summed E-state index contributed by atoms with van der Waals surface area (Å²) in [5.74, 6) is -0.164. The van der Waals surface area contributed by atoms with Crippen LogP contribution in [-0.2, 0) is 16.0 Å². The number of amides is 1. The van der Waals surface area contributed by atoms with Gasteiger partial charge in [0.05, 0.1) is 5.92 Å². The standard InChI is InChI=1S/C17H23NO2/c1-2-3-7-10-18-12-15(13-19)16(17(18)20)11-14-8-5-4-6-9-14/h4-6,8-9,13,15-16H,2-3,7,10-12H2,1H3. The van der Waals surface area contributed by atoms with E-state index in [1.54, 1.807) is 0 Å². The Hall–Kier alpha value is -1.64. The normalized spacial score (nSPS) is 22.2. The van der Waals surface area contributed by atoms with Gasteiger partial charge in [-0.05, 0) is 18.4 Å². The molecule has 1 fully saturated rings. The van der Waals surface area contributed by atoms with Crippen molar-refractivity contribution < 1.29 is 9.59 Å². The number of likely N-dealkylation sites (tertiary alicyclic amines) is 1. The van der Waals surface area contributed by atoms with Crippen LogP contribution in [-0.4, -0.2) is 30.2 Å². The molecule has 1 saturated heterocycles. The third kappa shape index (κ3) is 3.47. The largest absolute Gasteiger partial charge is 0.342 e. The van der Waals surface area contributed by atoms with Gasteiger partial charge in [-0.25, -0.2) is 0 Å². The molecule has 1 heterocycles. The highest BCUT2D eigenvalue weighted by molar-refractivity contribution is 5.85. The molecule has 0 saturated carbocycles. The molecule has 20 heavy (non-hydrogen) atoms. The highest BCUT2D eigenvalue weighted by Crippen LogP contribution is 2.27. The molecule has 0 bridgehead atoms.